The molecule has 1 aliphatic carbocycles. The molecular formula is C16H15BrFNO. The number of nitrogens with zero attached hydrogens (tertiary/aromatic N) is 1. The second-order valence-corrected chi connectivity index (χ2v) is 6.19. The highest BCUT2D eigenvalue weighted by Gasteiger charge is 2.25. The molecule has 0 spiro atoms. The van der Waals surface area contributed by atoms with E-state index in [1.807, 2.05) is 19.2 Å². The van der Waals surface area contributed by atoms with Crippen molar-refractivity contribution in [3.63, 3.8) is 0 Å². The van der Waals surface area contributed by atoms with E-state index in [1.165, 1.54) is 30.5 Å². The summed E-state index contributed by atoms with van der Waals surface area (Å²) in [7, 11) is 0. The van der Waals surface area contributed by atoms with Gasteiger partial charge < -0.3 is 4.57 Å². The van der Waals surface area contributed by atoms with Crippen LogP contribution >= 0.6 is 15.9 Å². The van der Waals surface area contributed by atoms with Crippen molar-refractivity contribution >= 4 is 15.9 Å². The third-order valence-electron chi connectivity index (χ3n) is 3.84. The van der Waals surface area contributed by atoms with Crippen LogP contribution in [-0.2, 0) is 0 Å². The summed E-state index contributed by atoms with van der Waals surface area (Å²) in [5.41, 5.74) is 2.07. The molecule has 1 aromatic carbocycles. The second-order valence-electron chi connectivity index (χ2n) is 5.34. The third kappa shape index (κ3) is 2.57. The molecule has 0 bridgehead atoms. The zero-order valence-electron chi connectivity index (χ0n) is 11.1. The molecule has 2 aromatic rings. The molecule has 0 radical (unpaired) electrons. The van der Waals surface area contributed by atoms with E-state index >= 15 is 0 Å². The van der Waals surface area contributed by atoms with Crippen LogP contribution in [0.4, 0.5) is 4.39 Å². The molecule has 4 heteroatoms. The highest BCUT2D eigenvalue weighted by Crippen LogP contribution is 2.40. The van der Waals surface area contributed by atoms with Crippen molar-refractivity contribution in [2.45, 2.75) is 31.7 Å². The summed E-state index contributed by atoms with van der Waals surface area (Å²) in [6.07, 6.45) is 4.32. The van der Waals surface area contributed by atoms with Crippen LogP contribution in [-0.4, -0.2) is 4.57 Å². The predicted molar refractivity (Wildman–Crippen MR) is 80.6 cm³/mol. The van der Waals surface area contributed by atoms with Crippen LogP contribution in [0, 0.1) is 5.82 Å². The van der Waals surface area contributed by atoms with E-state index < -0.39 is 0 Å². The first kappa shape index (κ1) is 13.6. The normalized spacial score (nSPS) is 16.1. The lowest BCUT2D eigenvalue weighted by Gasteiger charge is -2.17. The van der Waals surface area contributed by atoms with Crippen LogP contribution in [0.5, 0.6) is 0 Å². The standard InChI is InChI=1S/C16H15BrFNO/c1-10(11-4-6-14(18)7-5-11)19-9-13(12-2-3-12)8-15(17)16(19)20/h4-10,12H,2-3H2,1H3. The first-order valence-electron chi connectivity index (χ1n) is 6.73. The van der Waals surface area contributed by atoms with Gasteiger partial charge in [0.05, 0.1) is 10.5 Å². The van der Waals surface area contributed by atoms with E-state index in [0.717, 1.165) is 5.56 Å². The zero-order chi connectivity index (χ0) is 14.3. The number of aromatic nitrogens is 1. The Hall–Kier alpha value is -1.42. The number of halogens is 2. The molecule has 1 fully saturated rings. The van der Waals surface area contributed by atoms with Gasteiger partial charge in [-0.05, 0) is 70.9 Å². The largest absolute Gasteiger partial charge is 0.307 e. The van der Waals surface area contributed by atoms with E-state index in [-0.39, 0.29) is 17.4 Å². The Morgan fingerprint density at radius 3 is 2.55 bits per heavy atom. The number of hydrogen-bond donors (Lipinski definition) is 0. The second kappa shape index (κ2) is 5.17. The molecular weight excluding hydrogens is 321 g/mol. The van der Waals surface area contributed by atoms with Gasteiger partial charge in [0, 0.05) is 6.20 Å². The van der Waals surface area contributed by atoms with Crippen LogP contribution in [0.2, 0.25) is 0 Å². The van der Waals surface area contributed by atoms with E-state index in [2.05, 4.69) is 15.9 Å². The van der Waals surface area contributed by atoms with Crippen LogP contribution < -0.4 is 5.56 Å². The van der Waals surface area contributed by atoms with Crippen molar-refractivity contribution in [2.75, 3.05) is 0 Å². The summed E-state index contributed by atoms with van der Waals surface area (Å²) in [5.74, 6) is 0.319. The maximum Gasteiger partial charge on any atom is 0.265 e. The van der Waals surface area contributed by atoms with Crippen LogP contribution in [0.1, 0.15) is 42.9 Å². The van der Waals surface area contributed by atoms with Crippen molar-refractivity contribution < 1.29 is 4.39 Å². The summed E-state index contributed by atoms with van der Waals surface area (Å²) >= 11 is 3.35. The number of rotatable bonds is 3. The molecule has 1 aromatic heterocycles. The zero-order valence-corrected chi connectivity index (χ0v) is 12.7. The maximum atomic E-state index is 13.0. The molecule has 20 heavy (non-hydrogen) atoms. The molecule has 0 saturated heterocycles. The van der Waals surface area contributed by atoms with Crippen LogP contribution in [0.15, 0.2) is 45.8 Å². The van der Waals surface area contributed by atoms with E-state index in [4.69, 9.17) is 0 Å². The smallest absolute Gasteiger partial charge is 0.265 e. The van der Waals surface area contributed by atoms with Gasteiger partial charge in [-0.2, -0.15) is 0 Å². The summed E-state index contributed by atoms with van der Waals surface area (Å²) in [6, 6.07) is 8.12. The number of hydrogen-bond acceptors (Lipinski definition) is 1. The number of benzene rings is 1. The molecule has 1 unspecified atom stereocenters. The average molecular weight is 336 g/mol. The molecule has 1 atom stereocenters. The van der Waals surface area contributed by atoms with E-state index in [0.29, 0.717) is 10.4 Å². The van der Waals surface area contributed by atoms with Crippen molar-refractivity contribution in [1.29, 1.82) is 0 Å². The van der Waals surface area contributed by atoms with Crippen molar-refractivity contribution in [3.8, 4) is 0 Å². The van der Waals surface area contributed by atoms with Gasteiger partial charge in [-0.25, -0.2) is 4.39 Å². The van der Waals surface area contributed by atoms with Gasteiger partial charge in [0.15, 0.2) is 0 Å². The van der Waals surface area contributed by atoms with Crippen LogP contribution in [0.25, 0.3) is 0 Å². The third-order valence-corrected chi connectivity index (χ3v) is 4.41. The Kier molecular flexibility index (Phi) is 3.50. The Labute approximate surface area is 125 Å². The molecule has 1 aliphatic rings. The topological polar surface area (TPSA) is 22.0 Å². The summed E-state index contributed by atoms with van der Waals surface area (Å²) in [4.78, 5) is 12.3. The molecule has 104 valence electrons. The molecule has 1 saturated carbocycles. The van der Waals surface area contributed by atoms with Gasteiger partial charge in [0.25, 0.3) is 5.56 Å². The molecule has 1 heterocycles. The predicted octanol–water partition coefficient (Wildman–Crippen LogP) is 4.24. The summed E-state index contributed by atoms with van der Waals surface area (Å²) in [6.45, 7) is 1.96. The molecule has 0 amide bonds. The molecule has 0 aliphatic heterocycles. The van der Waals surface area contributed by atoms with Gasteiger partial charge in [-0.15, -0.1) is 0 Å². The minimum Gasteiger partial charge on any atom is -0.307 e. The monoisotopic (exact) mass is 335 g/mol. The highest BCUT2D eigenvalue weighted by molar-refractivity contribution is 9.10. The Balaban J connectivity index is 2.04. The lowest BCUT2D eigenvalue weighted by molar-refractivity contribution is 0.599. The summed E-state index contributed by atoms with van der Waals surface area (Å²) < 4.78 is 15.3. The van der Waals surface area contributed by atoms with E-state index in [1.54, 1.807) is 16.7 Å². The van der Waals surface area contributed by atoms with Gasteiger partial charge >= 0.3 is 0 Å². The Morgan fingerprint density at radius 2 is 1.95 bits per heavy atom. The molecule has 3 rings (SSSR count). The number of pyridine rings is 1. The highest BCUT2D eigenvalue weighted by atomic mass is 79.9. The SMILES string of the molecule is CC(c1ccc(F)cc1)n1cc(C2CC2)cc(Br)c1=O. The van der Waals surface area contributed by atoms with Gasteiger partial charge in [-0.1, -0.05) is 12.1 Å². The fourth-order valence-corrected chi connectivity index (χ4v) is 2.89. The fourth-order valence-electron chi connectivity index (χ4n) is 2.42. The fraction of sp³-hybridized carbons (Fsp3) is 0.312. The Bertz CT molecular complexity index is 689. The maximum absolute atomic E-state index is 13.0. The average Bonchev–Trinajstić information content (AvgIpc) is 3.26. The van der Waals surface area contributed by atoms with Gasteiger partial charge in [0.2, 0.25) is 0 Å². The van der Waals surface area contributed by atoms with Crippen molar-refractivity contribution in [2.24, 2.45) is 0 Å². The van der Waals surface area contributed by atoms with Crippen LogP contribution in [0.3, 0.4) is 0 Å². The lowest BCUT2D eigenvalue weighted by Crippen LogP contribution is -2.24. The Morgan fingerprint density at radius 1 is 1.30 bits per heavy atom. The first-order chi connectivity index (χ1) is 9.56. The lowest BCUT2D eigenvalue weighted by atomic mass is 10.1. The van der Waals surface area contributed by atoms with Crippen molar-refractivity contribution in [3.05, 3.63) is 68.3 Å². The molecule has 2 nitrogen and oxygen atoms in total. The van der Waals surface area contributed by atoms with Gasteiger partial charge in [-0.3, -0.25) is 4.79 Å². The quantitative estimate of drug-likeness (QED) is 0.822. The molecule has 0 N–H and O–H groups in total. The summed E-state index contributed by atoms with van der Waals surface area (Å²) in [5, 5.41) is 0. The first-order valence-corrected chi connectivity index (χ1v) is 7.52. The van der Waals surface area contributed by atoms with Crippen molar-refractivity contribution in [1.82, 2.24) is 4.57 Å². The van der Waals surface area contributed by atoms with E-state index in [9.17, 15) is 9.18 Å². The minimum absolute atomic E-state index is 0.0498. The minimum atomic E-state index is -0.263. The van der Waals surface area contributed by atoms with Gasteiger partial charge in [0.1, 0.15) is 5.82 Å².